The van der Waals surface area contributed by atoms with Gasteiger partial charge in [0.15, 0.2) is 0 Å². The smallest absolute Gasteiger partial charge is 0.252 e. The van der Waals surface area contributed by atoms with Crippen LogP contribution in [0.5, 0.6) is 0 Å². The molecular weight excluding hydrogens is 292 g/mol. The predicted octanol–water partition coefficient (Wildman–Crippen LogP) is 2.73. The molecule has 2 heterocycles. The summed E-state index contributed by atoms with van der Waals surface area (Å²) < 4.78 is 27.9. The van der Waals surface area contributed by atoms with E-state index >= 15 is 0 Å². The molecule has 20 heavy (non-hydrogen) atoms. The van der Waals surface area contributed by atoms with E-state index in [2.05, 4.69) is 12.2 Å². The van der Waals surface area contributed by atoms with Crippen LogP contribution >= 0.6 is 11.3 Å². The number of hydrogen-bond acceptors (Lipinski definition) is 4. The van der Waals surface area contributed by atoms with E-state index in [9.17, 15) is 8.42 Å². The monoisotopic (exact) mass is 316 g/mol. The summed E-state index contributed by atoms with van der Waals surface area (Å²) in [5.41, 5.74) is 1.06. The van der Waals surface area contributed by atoms with Gasteiger partial charge in [-0.25, -0.2) is 8.42 Å². The predicted molar refractivity (Wildman–Crippen MR) is 83.6 cm³/mol. The van der Waals surface area contributed by atoms with E-state index in [4.69, 9.17) is 0 Å². The summed E-state index contributed by atoms with van der Waals surface area (Å²) in [5, 5.41) is 3.09. The van der Waals surface area contributed by atoms with Crippen LogP contribution in [0, 0.1) is 6.92 Å². The van der Waals surface area contributed by atoms with E-state index in [-0.39, 0.29) is 6.04 Å². The lowest BCUT2D eigenvalue weighted by Crippen LogP contribution is -2.42. The average molecular weight is 316 g/mol. The highest BCUT2D eigenvalue weighted by atomic mass is 32.2. The Morgan fingerprint density at radius 3 is 2.85 bits per heavy atom. The summed E-state index contributed by atoms with van der Waals surface area (Å²) in [6.45, 7) is 5.45. The van der Waals surface area contributed by atoms with Crippen LogP contribution < -0.4 is 5.32 Å². The fourth-order valence-corrected chi connectivity index (χ4v) is 6.26. The van der Waals surface area contributed by atoms with Crippen LogP contribution in [0.3, 0.4) is 0 Å². The van der Waals surface area contributed by atoms with Crippen molar-refractivity contribution in [1.82, 2.24) is 9.62 Å². The van der Waals surface area contributed by atoms with E-state index in [1.165, 1.54) is 11.3 Å². The summed E-state index contributed by atoms with van der Waals surface area (Å²) in [6.07, 6.45) is 4.00. The van der Waals surface area contributed by atoms with Crippen molar-refractivity contribution >= 4 is 21.4 Å². The summed E-state index contributed by atoms with van der Waals surface area (Å²) in [7, 11) is -1.44. The summed E-state index contributed by atoms with van der Waals surface area (Å²) >= 11 is 1.41. The van der Waals surface area contributed by atoms with Gasteiger partial charge in [0.1, 0.15) is 4.21 Å². The number of piperidine rings is 1. The first kappa shape index (κ1) is 15.9. The van der Waals surface area contributed by atoms with Crippen molar-refractivity contribution in [2.45, 2.75) is 56.3 Å². The molecule has 2 rings (SSSR count). The molecule has 0 aromatic carbocycles. The largest absolute Gasteiger partial charge is 0.315 e. The van der Waals surface area contributed by atoms with Crippen molar-refractivity contribution in [3.63, 3.8) is 0 Å². The highest BCUT2D eigenvalue weighted by Crippen LogP contribution is 2.32. The van der Waals surface area contributed by atoms with Crippen molar-refractivity contribution in [2.75, 3.05) is 13.6 Å². The molecule has 1 unspecified atom stereocenters. The first-order valence-corrected chi connectivity index (χ1v) is 9.52. The molecule has 114 valence electrons. The maximum absolute atomic E-state index is 12.8. The van der Waals surface area contributed by atoms with Crippen molar-refractivity contribution in [3.8, 4) is 0 Å². The molecule has 1 aliphatic heterocycles. The highest BCUT2D eigenvalue weighted by molar-refractivity contribution is 7.91. The van der Waals surface area contributed by atoms with Gasteiger partial charge in [0.2, 0.25) is 0 Å². The molecule has 1 aromatic rings. The Hall–Kier alpha value is -0.430. The van der Waals surface area contributed by atoms with Gasteiger partial charge >= 0.3 is 0 Å². The third-order valence-corrected chi connectivity index (χ3v) is 7.58. The van der Waals surface area contributed by atoms with Crippen molar-refractivity contribution < 1.29 is 8.42 Å². The molecule has 0 radical (unpaired) electrons. The molecule has 1 fully saturated rings. The number of thiophene rings is 1. The Balaban J connectivity index is 2.31. The van der Waals surface area contributed by atoms with Gasteiger partial charge in [-0.2, -0.15) is 4.31 Å². The van der Waals surface area contributed by atoms with Gasteiger partial charge in [0.25, 0.3) is 10.0 Å². The molecule has 0 bridgehead atoms. The van der Waals surface area contributed by atoms with Crippen LogP contribution in [-0.2, 0) is 16.6 Å². The minimum Gasteiger partial charge on any atom is -0.315 e. The Bertz CT molecular complexity index is 552. The molecule has 0 saturated carbocycles. The lowest BCUT2D eigenvalue weighted by atomic mass is 10.0. The number of aryl methyl sites for hydroxylation is 1. The van der Waals surface area contributed by atoms with E-state index in [0.29, 0.717) is 10.8 Å². The molecule has 1 N–H and O–H groups in total. The van der Waals surface area contributed by atoms with Gasteiger partial charge in [-0.15, -0.1) is 11.3 Å². The van der Waals surface area contributed by atoms with E-state index in [1.807, 2.05) is 20.0 Å². The van der Waals surface area contributed by atoms with Gasteiger partial charge < -0.3 is 5.32 Å². The van der Waals surface area contributed by atoms with Crippen LogP contribution in [-0.4, -0.2) is 32.4 Å². The molecular formula is C14H24N2O2S2. The van der Waals surface area contributed by atoms with Gasteiger partial charge in [0, 0.05) is 24.0 Å². The second-order valence-corrected chi connectivity index (χ2v) is 8.63. The van der Waals surface area contributed by atoms with Gasteiger partial charge in [-0.05, 0) is 44.9 Å². The fourth-order valence-electron chi connectivity index (χ4n) is 2.77. The number of nitrogens with zero attached hydrogens (tertiary/aromatic N) is 1. The van der Waals surface area contributed by atoms with E-state index in [0.717, 1.165) is 42.7 Å². The number of rotatable bonds is 5. The topological polar surface area (TPSA) is 49.4 Å². The lowest BCUT2D eigenvalue weighted by molar-refractivity contribution is 0.247. The third-order valence-electron chi connectivity index (χ3n) is 3.94. The van der Waals surface area contributed by atoms with Crippen LogP contribution in [0.1, 0.15) is 43.0 Å². The van der Waals surface area contributed by atoms with Crippen molar-refractivity contribution in [2.24, 2.45) is 0 Å². The maximum atomic E-state index is 12.8. The molecule has 1 aliphatic rings. The van der Waals surface area contributed by atoms with Gasteiger partial charge in [-0.3, -0.25) is 0 Å². The summed E-state index contributed by atoms with van der Waals surface area (Å²) in [4.78, 5) is 1.11. The first-order valence-electron chi connectivity index (χ1n) is 7.26. The zero-order valence-electron chi connectivity index (χ0n) is 12.5. The Morgan fingerprint density at radius 1 is 1.45 bits per heavy atom. The number of nitrogens with one attached hydrogen (secondary N) is 1. The van der Waals surface area contributed by atoms with Crippen molar-refractivity contribution in [1.29, 1.82) is 0 Å². The molecule has 0 amide bonds. The number of sulfonamides is 1. The summed E-state index contributed by atoms with van der Waals surface area (Å²) in [5.74, 6) is 0. The molecule has 0 aliphatic carbocycles. The number of hydrogen-bond donors (Lipinski definition) is 1. The van der Waals surface area contributed by atoms with E-state index < -0.39 is 10.0 Å². The molecule has 0 spiro atoms. The van der Waals surface area contributed by atoms with Crippen LogP contribution in [0.2, 0.25) is 0 Å². The van der Waals surface area contributed by atoms with Crippen LogP contribution in [0.4, 0.5) is 0 Å². The van der Waals surface area contributed by atoms with Gasteiger partial charge in [-0.1, -0.05) is 13.3 Å². The Morgan fingerprint density at radius 2 is 2.20 bits per heavy atom. The normalized spacial score (nSPS) is 21.2. The molecule has 4 nitrogen and oxygen atoms in total. The second kappa shape index (κ2) is 6.56. The molecule has 1 atom stereocenters. The first-order chi connectivity index (χ1) is 9.50. The molecule has 6 heteroatoms. The second-order valence-electron chi connectivity index (χ2n) is 5.38. The minimum atomic E-state index is -3.32. The zero-order valence-corrected chi connectivity index (χ0v) is 14.1. The van der Waals surface area contributed by atoms with Crippen molar-refractivity contribution in [3.05, 3.63) is 16.5 Å². The van der Waals surface area contributed by atoms with E-state index in [1.54, 1.807) is 4.31 Å². The average Bonchev–Trinajstić information content (AvgIpc) is 2.81. The standard InChI is InChI=1S/C14H24N2O2S2/c1-4-12-7-5-6-8-16(12)20(17,18)14-9-11(2)13(19-14)10-15-3/h9,12,15H,4-8,10H2,1-3H3. The summed E-state index contributed by atoms with van der Waals surface area (Å²) in [6, 6.07) is 2.00. The molecule has 1 saturated heterocycles. The minimum absolute atomic E-state index is 0.170. The Labute approximate surface area is 126 Å². The highest BCUT2D eigenvalue weighted by Gasteiger charge is 2.33. The quantitative estimate of drug-likeness (QED) is 0.908. The SMILES string of the molecule is CCC1CCCCN1S(=O)(=O)c1cc(C)c(CNC)s1. The Kier molecular flexibility index (Phi) is 5.23. The third kappa shape index (κ3) is 3.08. The fraction of sp³-hybridized carbons (Fsp3) is 0.714. The van der Waals surface area contributed by atoms with Gasteiger partial charge in [0.05, 0.1) is 0 Å². The maximum Gasteiger partial charge on any atom is 0.252 e. The zero-order chi connectivity index (χ0) is 14.8. The van der Waals surface area contributed by atoms with Crippen LogP contribution in [0.15, 0.2) is 10.3 Å². The van der Waals surface area contributed by atoms with Crippen LogP contribution in [0.25, 0.3) is 0 Å². The lowest BCUT2D eigenvalue weighted by Gasteiger charge is -2.33. The molecule has 1 aromatic heterocycles.